The fourth-order valence-electron chi connectivity index (χ4n) is 3.28. The minimum absolute atomic E-state index is 0.0796. The van der Waals surface area contributed by atoms with Gasteiger partial charge < -0.3 is 4.74 Å². The highest BCUT2D eigenvalue weighted by molar-refractivity contribution is 6.02. The average molecular weight is 404 g/mol. The van der Waals surface area contributed by atoms with Gasteiger partial charge in [-0.1, -0.05) is 29.8 Å². The van der Waals surface area contributed by atoms with Crippen LogP contribution in [0.2, 0.25) is 0 Å². The van der Waals surface area contributed by atoms with Crippen molar-refractivity contribution in [3.63, 3.8) is 0 Å². The van der Waals surface area contributed by atoms with Crippen molar-refractivity contribution in [2.24, 2.45) is 0 Å². The SMILES string of the molecule is Cc1ccc(-c2cc(C(F)(F)F)n3ncc(C(=O)CN4CCOCC4)c3n2)cc1. The number of Topliss-reactive ketones (excluding diaryl/α,β-unsaturated/α-hetero) is 1. The lowest BCUT2D eigenvalue weighted by atomic mass is 10.1. The fourth-order valence-corrected chi connectivity index (χ4v) is 3.28. The maximum atomic E-state index is 13.7. The summed E-state index contributed by atoms with van der Waals surface area (Å²) in [4.78, 5) is 19.1. The molecule has 0 radical (unpaired) electrons. The van der Waals surface area contributed by atoms with Crippen LogP contribution in [0.15, 0.2) is 36.5 Å². The highest BCUT2D eigenvalue weighted by Crippen LogP contribution is 2.33. The number of carbonyl (C=O) groups excluding carboxylic acids is 1. The van der Waals surface area contributed by atoms with Crippen molar-refractivity contribution in [3.8, 4) is 11.3 Å². The molecule has 0 saturated carbocycles. The van der Waals surface area contributed by atoms with Gasteiger partial charge in [-0.15, -0.1) is 0 Å². The van der Waals surface area contributed by atoms with Crippen LogP contribution >= 0.6 is 0 Å². The topological polar surface area (TPSA) is 59.7 Å². The third-order valence-electron chi connectivity index (χ3n) is 4.88. The number of morpholine rings is 1. The van der Waals surface area contributed by atoms with Crippen LogP contribution in [0.4, 0.5) is 13.2 Å². The summed E-state index contributed by atoms with van der Waals surface area (Å²) in [6, 6.07) is 7.98. The molecule has 0 unspecified atom stereocenters. The van der Waals surface area contributed by atoms with Crippen molar-refractivity contribution in [3.05, 3.63) is 53.3 Å². The molecule has 6 nitrogen and oxygen atoms in total. The van der Waals surface area contributed by atoms with Crippen molar-refractivity contribution in [2.45, 2.75) is 13.1 Å². The van der Waals surface area contributed by atoms with Gasteiger partial charge in [-0.2, -0.15) is 18.3 Å². The standard InChI is InChI=1S/C20H19F3N4O2/c1-13-2-4-14(5-3-13)16-10-18(20(21,22)23)27-19(25-16)15(11-24-27)17(28)12-26-6-8-29-9-7-26/h2-5,10-11H,6-9,12H2,1H3. The molecule has 0 atom stereocenters. The first kappa shape index (κ1) is 19.5. The Bertz CT molecular complexity index is 1040. The van der Waals surface area contributed by atoms with Crippen LogP contribution in [0.3, 0.4) is 0 Å². The smallest absolute Gasteiger partial charge is 0.379 e. The summed E-state index contributed by atoms with van der Waals surface area (Å²) >= 11 is 0. The monoisotopic (exact) mass is 404 g/mol. The molecule has 0 bridgehead atoms. The van der Waals surface area contributed by atoms with E-state index in [9.17, 15) is 18.0 Å². The second-order valence-electron chi connectivity index (χ2n) is 7.00. The maximum Gasteiger partial charge on any atom is 0.433 e. The average Bonchev–Trinajstić information content (AvgIpc) is 3.12. The van der Waals surface area contributed by atoms with Gasteiger partial charge in [0, 0.05) is 18.7 Å². The summed E-state index contributed by atoms with van der Waals surface area (Å²) in [5, 5.41) is 3.82. The Morgan fingerprint density at radius 3 is 2.52 bits per heavy atom. The lowest BCUT2D eigenvalue weighted by Gasteiger charge is -2.25. The Balaban J connectivity index is 1.79. The number of hydrogen-bond acceptors (Lipinski definition) is 5. The summed E-state index contributed by atoms with van der Waals surface area (Å²) in [5.74, 6) is -0.316. The van der Waals surface area contributed by atoms with Gasteiger partial charge in [0.1, 0.15) is 0 Å². The third kappa shape index (κ3) is 4.01. The predicted octanol–water partition coefficient (Wildman–Crippen LogP) is 3.24. The lowest BCUT2D eigenvalue weighted by molar-refractivity contribution is -0.142. The van der Waals surface area contributed by atoms with Gasteiger partial charge in [-0.05, 0) is 13.0 Å². The largest absolute Gasteiger partial charge is 0.433 e. The van der Waals surface area contributed by atoms with Gasteiger partial charge in [-0.25, -0.2) is 9.50 Å². The van der Waals surface area contributed by atoms with Crippen molar-refractivity contribution in [2.75, 3.05) is 32.8 Å². The van der Waals surface area contributed by atoms with E-state index in [1.54, 1.807) is 24.3 Å². The van der Waals surface area contributed by atoms with Crippen LogP contribution in [-0.2, 0) is 10.9 Å². The van der Waals surface area contributed by atoms with E-state index in [1.807, 2.05) is 11.8 Å². The molecular weight excluding hydrogens is 385 g/mol. The Labute approximate surface area is 164 Å². The minimum Gasteiger partial charge on any atom is -0.379 e. The zero-order valence-corrected chi connectivity index (χ0v) is 15.7. The molecule has 4 rings (SSSR count). The predicted molar refractivity (Wildman–Crippen MR) is 99.8 cm³/mol. The highest BCUT2D eigenvalue weighted by Gasteiger charge is 2.36. The van der Waals surface area contributed by atoms with Gasteiger partial charge in [0.2, 0.25) is 0 Å². The van der Waals surface area contributed by atoms with Crippen molar-refractivity contribution >= 4 is 11.4 Å². The molecule has 0 amide bonds. The van der Waals surface area contributed by atoms with Crippen LogP contribution in [-0.4, -0.2) is 58.1 Å². The van der Waals surface area contributed by atoms with Crippen LogP contribution in [0.25, 0.3) is 16.9 Å². The molecule has 3 aromatic rings. The number of hydrogen-bond donors (Lipinski definition) is 0. The number of benzene rings is 1. The molecule has 0 N–H and O–H groups in total. The van der Waals surface area contributed by atoms with E-state index in [-0.39, 0.29) is 29.2 Å². The summed E-state index contributed by atoms with van der Waals surface area (Å²) in [6.45, 7) is 4.22. The molecule has 3 heterocycles. The lowest BCUT2D eigenvalue weighted by Crippen LogP contribution is -2.39. The Kier molecular flexibility index (Phi) is 5.10. The maximum absolute atomic E-state index is 13.7. The van der Waals surface area contributed by atoms with Gasteiger partial charge in [0.15, 0.2) is 17.1 Å². The number of nitrogens with zero attached hydrogens (tertiary/aromatic N) is 4. The van der Waals surface area contributed by atoms with Crippen molar-refractivity contribution in [1.82, 2.24) is 19.5 Å². The van der Waals surface area contributed by atoms with Crippen LogP contribution in [0, 0.1) is 6.92 Å². The number of fused-ring (bicyclic) bond motifs is 1. The van der Waals surface area contributed by atoms with E-state index < -0.39 is 11.9 Å². The first-order valence-electron chi connectivity index (χ1n) is 9.19. The molecule has 0 aliphatic carbocycles. The number of aromatic nitrogens is 3. The Morgan fingerprint density at radius 1 is 1.17 bits per heavy atom. The molecule has 152 valence electrons. The van der Waals surface area contributed by atoms with E-state index >= 15 is 0 Å². The number of ketones is 1. The van der Waals surface area contributed by atoms with E-state index in [2.05, 4.69) is 10.1 Å². The zero-order valence-electron chi connectivity index (χ0n) is 15.7. The molecule has 1 saturated heterocycles. The second kappa shape index (κ2) is 7.57. The molecule has 9 heteroatoms. The van der Waals surface area contributed by atoms with Crippen LogP contribution in [0.5, 0.6) is 0 Å². The second-order valence-corrected chi connectivity index (χ2v) is 7.00. The van der Waals surface area contributed by atoms with Crippen LogP contribution < -0.4 is 0 Å². The van der Waals surface area contributed by atoms with E-state index in [0.717, 1.165) is 11.6 Å². The van der Waals surface area contributed by atoms with Gasteiger partial charge in [-0.3, -0.25) is 9.69 Å². The molecule has 1 fully saturated rings. The number of carbonyl (C=O) groups is 1. The van der Waals surface area contributed by atoms with Crippen LogP contribution in [0.1, 0.15) is 21.6 Å². The van der Waals surface area contributed by atoms with E-state index in [1.165, 1.54) is 6.20 Å². The normalized spacial score (nSPS) is 15.7. The van der Waals surface area contributed by atoms with Gasteiger partial charge >= 0.3 is 6.18 Å². The summed E-state index contributed by atoms with van der Waals surface area (Å²) in [7, 11) is 0. The molecule has 1 aromatic carbocycles. The molecule has 1 aliphatic rings. The third-order valence-corrected chi connectivity index (χ3v) is 4.88. The zero-order chi connectivity index (χ0) is 20.6. The quantitative estimate of drug-likeness (QED) is 0.625. The van der Waals surface area contributed by atoms with Crippen molar-refractivity contribution < 1.29 is 22.7 Å². The highest BCUT2D eigenvalue weighted by atomic mass is 19.4. The minimum atomic E-state index is -4.64. The number of aryl methyl sites for hydroxylation is 1. The van der Waals surface area contributed by atoms with E-state index in [0.29, 0.717) is 36.4 Å². The number of halogens is 3. The summed E-state index contributed by atoms with van der Waals surface area (Å²) in [5.41, 5.74) is 0.687. The molecule has 29 heavy (non-hydrogen) atoms. The fraction of sp³-hybridized carbons (Fsp3) is 0.350. The number of rotatable bonds is 4. The Morgan fingerprint density at radius 2 is 1.86 bits per heavy atom. The summed E-state index contributed by atoms with van der Waals surface area (Å²) in [6.07, 6.45) is -3.48. The van der Waals surface area contributed by atoms with Gasteiger partial charge in [0.05, 0.1) is 37.2 Å². The summed E-state index contributed by atoms with van der Waals surface area (Å²) < 4.78 is 47.0. The molecular formula is C20H19F3N4O2. The first-order valence-corrected chi connectivity index (χ1v) is 9.19. The molecule has 2 aromatic heterocycles. The first-order chi connectivity index (χ1) is 13.8. The molecule has 1 aliphatic heterocycles. The molecule has 0 spiro atoms. The van der Waals surface area contributed by atoms with Crippen molar-refractivity contribution in [1.29, 1.82) is 0 Å². The van der Waals surface area contributed by atoms with Gasteiger partial charge in [0.25, 0.3) is 0 Å². The number of alkyl halides is 3. The number of ether oxygens (including phenoxy) is 1. The Hall–Kier alpha value is -2.78. The van der Waals surface area contributed by atoms with E-state index in [4.69, 9.17) is 4.74 Å².